The molecule has 0 aliphatic carbocycles. The Morgan fingerprint density at radius 1 is 1.40 bits per heavy atom. The van der Waals surface area contributed by atoms with Crippen molar-refractivity contribution in [1.29, 1.82) is 0 Å². The van der Waals surface area contributed by atoms with Gasteiger partial charge in [0.2, 0.25) is 0 Å². The molecule has 15 heavy (non-hydrogen) atoms. The zero-order valence-corrected chi connectivity index (χ0v) is 10.2. The molecule has 0 aromatic heterocycles. The lowest BCUT2D eigenvalue weighted by Crippen LogP contribution is -2.30. The Morgan fingerprint density at radius 2 is 1.87 bits per heavy atom. The largest absolute Gasteiger partial charge is 0.531 e. The molecule has 7 heteroatoms. The molecule has 1 unspecified atom stereocenters. The van der Waals surface area contributed by atoms with Crippen LogP contribution in [0.2, 0.25) is 0 Å². The zero-order valence-electron chi connectivity index (χ0n) is 9.35. The smallest absolute Gasteiger partial charge is 0.428 e. The third-order valence-electron chi connectivity index (χ3n) is 2.25. The summed E-state index contributed by atoms with van der Waals surface area (Å²) in [5, 5.41) is 0. The monoisotopic (exact) mass is 240 g/mol. The van der Waals surface area contributed by atoms with Gasteiger partial charge in [0.25, 0.3) is 0 Å². The SMILES string of the molecule is CCC(C)(CC)OC(=O)OP(=O)(O)OC. The van der Waals surface area contributed by atoms with Crippen LogP contribution in [0.25, 0.3) is 0 Å². The van der Waals surface area contributed by atoms with Gasteiger partial charge in [-0.1, -0.05) is 13.8 Å². The van der Waals surface area contributed by atoms with Crippen molar-refractivity contribution in [1.82, 2.24) is 0 Å². The lowest BCUT2D eigenvalue weighted by atomic mass is 10.0. The summed E-state index contributed by atoms with van der Waals surface area (Å²) >= 11 is 0. The summed E-state index contributed by atoms with van der Waals surface area (Å²) < 4.78 is 24.0. The first kappa shape index (κ1) is 14.4. The number of carbonyl (C=O) groups is 1. The summed E-state index contributed by atoms with van der Waals surface area (Å²) in [4.78, 5) is 19.9. The van der Waals surface area contributed by atoms with Gasteiger partial charge in [-0.2, -0.15) is 0 Å². The van der Waals surface area contributed by atoms with Crippen molar-refractivity contribution in [3.05, 3.63) is 0 Å². The summed E-state index contributed by atoms with van der Waals surface area (Å²) in [6, 6.07) is 0. The number of hydrogen-bond donors (Lipinski definition) is 1. The van der Waals surface area contributed by atoms with Crippen molar-refractivity contribution in [2.75, 3.05) is 7.11 Å². The maximum absolute atomic E-state index is 11.1. The predicted octanol–water partition coefficient (Wildman–Crippen LogP) is 2.47. The Balaban J connectivity index is 4.32. The van der Waals surface area contributed by atoms with Crippen molar-refractivity contribution >= 4 is 14.0 Å². The van der Waals surface area contributed by atoms with E-state index in [0.29, 0.717) is 12.8 Å². The fourth-order valence-corrected chi connectivity index (χ4v) is 1.05. The molecule has 0 radical (unpaired) electrons. The van der Waals surface area contributed by atoms with E-state index >= 15 is 0 Å². The average molecular weight is 240 g/mol. The normalized spacial score (nSPS) is 15.5. The van der Waals surface area contributed by atoms with Gasteiger partial charge in [0.1, 0.15) is 5.60 Å². The predicted molar refractivity (Wildman–Crippen MR) is 53.4 cm³/mol. The number of rotatable bonds is 5. The van der Waals surface area contributed by atoms with Gasteiger partial charge in [-0.15, -0.1) is 0 Å². The molecule has 1 N–H and O–H groups in total. The summed E-state index contributed by atoms with van der Waals surface area (Å²) in [7, 11) is -3.35. The standard InChI is InChI=1S/C8H17O6P/c1-5-8(3,6-2)13-7(9)14-15(10,11)12-4/h5-6H2,1-4H3,(H,10,11). The minimum absolute atomic E-state index is 0.585. The van der Waals surface area contributed by atoms with Crippen molar-refractivity contribution in [2.24, 2.45) is 0 Å². The van der Waals surface area contributed by atoms with Crippen LogP contribution in [-0.2, 0) is 18.3 Å². The molecule has 0 saturated heterocycles. The Labute approximate surface area is 89.1 Å². The van der Waals surface area contributed by atoms with Gasteiger partial charge in [0.15, 0.2) is 0 Å². The van der Waals surface area contributed by atoms with Crippen molar-refractivity contribution in [3.8, 4) is 0 Å². The highest BCUT2D eigenvalue weighted by Gasteiger charge is 2.31. The van der Waals surface area contributed by atoms with Gasteiger partial charge < -0.3 is 9.26 Å². The Bertz CT molecular complexity index is 260. The van der Waals surface area contributed by atoms with E-state index in [2.05, 4.69) is 9.05 Å². The van der Waals surface area contributed by atoms with E-state index in [1.165, 1.54) is 0 Å². The molecular formula is C8H17O6P. The molecule has 0 saturated carbocycles. The van der Waals surface area contributed by atoms with Crippen LogP contribution in [0.5, 0.6) is 0 Å². The Kier molecular flexibility index (Phi) is 5.28. The second-order valence-corrected chi connectivity index (χ2v) is 4.74. The fraction of sp³-hybridized carbons (Fsp3) is 0.875. The van der Waals surface area contributed by atoms with E-state index < -0.39 is 19.6 Å². The molecule has 0 bridgehead atoms. The topological polar surface area (TPSA) is 82.1 Å². The van der Waals surface area contributed by atoms with E-state index in [1.807, 2.05) is 13.8 Å². The molecule has 1 atom stereocenters. The van der Waals surface area contributed by atoms with Crippen LogP contribution in [0.1, 0.15) is 33.6 Å². The van der Waals surface area contributed by atoms with Crippen LogP contribution >= 0.6 is 7.82 Å². The van der Waals surface area contributed by atoms with Crippen LogP contribution in [-0.4, -0.2) is 23.8 Å². The number of hydrogen-bond acceptors (Lipinski definition) is 5. The molecule has 90 valence electrons. The summed E-state index contributed by atoms with van der Waals surface area (Å²) in [5.74, 6) is 0. The molecule has 0 aromatic carbocycles. The van der Waals surface area contributed by atoms with Crippen LogP contribution in [0.3, 0.4) is 0 Å². The second-order valence-electron chi connectivity index (χ2n) is 3.25. The molecule has 0 heterocycles. The fourth-order valence-electron chi connectivity index (χ4n) is 0.746. The van der Waals surface area contributed by atoms with Gasteiger partial charge in [-0.25, -0.2) is 9.36 Å². The molecule has 0 aromatic rings. The van der Waals surface area contributed by atoms with Gasteiger partial charge in [0.05, 0.1) is 0 Å². The third-order valence-corrected chi connectivity index (χ3v) is 3.09. The maximum atomic E-state index is 11.1. The Morgan fingerprint density at radius 3 is 2.20 bits per heavy atom. The van der Waals surface area contributed by atoms with E-state index in [9.17, 15) is 9.36 Å². The van der Waals surface area contributed by atoms with E-state index in [4.69, 9.17) is 9.63 Å². The molecule has 0 fully saturated rings. The van der Waals surface area contributed by atoms with E-state index in [-0.39, 0.29) is 0 Å². The van der Waals surface area contributed by atoms with Gasteiger partial charge in [0, 0.05) is 7.11 Å². The number of phosphoric acid groups is 1. The molecular weight excluding hydrogens is 223 g/mol. The minimum atomic E-state index is -4.31. The average Bonchev–Trinajstić information content (AvgIpc) is 2.16. The lowest BCUT2D eigenvalue weighted by molar-refractivity contribution is -0.0126. The van der Waals surface area contributed by atoms with Crippen molar-refractivity contribution in [3.63, 3.8) is 0 Å². The highest BCUT2D eigenvalue weighted by atomic mass is 31.2. The van der Waals surface area contributed by atoms with Crippen LogP contribution in [0, 0.1) is 0 Å². The van der Waals surface area contributed by atoms with Gasteiger partial charge in [-0.05, 0) is 19.8 Å². The van der Waals surface area contributed by atoms with Gasteiger partial charge >= 0.3 is 14.0 Å². The lowest BCUT2D eigenvalue weighted by Gasteiger charge is -2.26. The zero-order chi connectivity index (χ0) is 12.1. The van der Waals surface area contributed by atoms with Crippen LogP contribution in [0.15, 0.2) is 0 Å². The second kappa shape index (κ2) is 5.49. The maximum Gasteiger partial charge on any atom is 0.531 e. The summed E-state index contributed by atoms with van der Waals surface area (Å²) in [6.07, 6.45) is -0.0308. The van der Waals surface area contributed by atoms with Crippen LogP contribution in [0.4, 0.5) is 4.79 Å². The number of carbonyl (C=O) groups excluding carboxylic acids is 1. The molecule has 0 aliphatic rings. The van der Waals surface area contributed by atoms with Crippen molar-refractivity contribution < 1.29 is 28.0 Å². The van der Waals surface area contributed by atoms with E-state index in [0.717, 1.165) is 7.11 Å². The van der Waals surface area contributed by atoms with Gasteiger partial charge in [-0.3, -0.25) is 9.42 Å². The van der Waals surface area contributed by atoms with Crippen molar-refractivity contribution in [2.45, 2.75) is 39.2 Å². The summed E-state index contributed by atoms with van der Waals surface area (Å²) in [6.45, 7) is 5.39. The first-order chi connectivity index (χ1) is 6.78. The summed E-state index contributed by atoms with van der Waals surface area (Å²) in [5.41, 5.74) is -0.690. The number of phosphoric ester groups is 1. The first-order valence-electron chi connectivity index (χ1n) is 4.59. The number of ether oxygens (including phenoxy) is 1. The molecule has 0 rings (SSSR count). The Hall–Kier alpha value is -0.580. The highest BCUT2D eigenvalue weighted by molar-refractivity contribution is 7.47. The molecule has 0 aliphatic heterocycles. The first-order valence-corrected chi connectivity index (χ1v) is 6.09. The molecule has 6 nitrogen and oxygen atoms in total. The van der Waals surface area contributed by atoms with Crippen LogP contribution < -0.4 is 0 Å². The third kappa shape index (κ3) is 5.16. The molecule has 0 spiro atoms. The highest BCUT2D eigenvalue weighted by Crippen LogP contribution is 2.42. The quantitative estimate of drug-likeness (QED) is 0.587. The minimum Gasteiger partial charge on any atom is -0.428 e. The van der Waals surface area contributed by atoms with E-state index in [1.54, 1.807) is 6.92 Å². The molecule has 0 amide bonds.